The number of aryl methyl sites for hydroxylation is 1. The van der Waals surface area contributed by atoms with Crippen LogP contribution in [0.3, 0.4) is 0 Å². The third-order valence-corrected chi connectivity index (χ3v) is 7.59. The van der Waals surface area contributed by atoms with Crippen LogP contribution >= 0.6 is 11.6 Å². The molecule has 2 aliphatic rings. The van der Waals surface area contributed by atoms with Gasteiger partial charge in [0.2, 0.25) is 0 Å². The lowest BCUT2D eigenvalue weighted by Gasteiger charge is -2.39. The van der Waals surface area contributed by atoms with Crippen LogP contribution < -0.4 is 9.64 Å². The number of aliphatic hydroxyl groups is 1. The van der Waals surface area contributed by atoms with Gasteiger partial charge in [-0.2, -0.15) is 5.26 Å². The van der Waals surface area contributed by atoms with Gasteiger partial charge in [0, 0.05) is 37.8 Å². The standard InChI is InChI=1S/C27H34ClN3O2/c1-20-16-22(19-31-12-3-4-21(31)2)5-8-26(20)33-15-11-27(32)9-13-30(14-10-27)24-7-6-23(18-29)25(28)17-24/h5-8,16-17,21,32H,3-4,9-15,19H2,1-2H3. The number of likely N-dealkylation sites (tertiary alicyclic amines) is 1. The molecule has 2 aromatic carbocycles. The van der Waals surface area contributed by atoms with E-state index in [1.807, 2.05) is 12.1 Å². The van der Waals surface area contributed by atoms with Gasteiger partial charge in [0.1, 0.15) is 11.8 Å². The minimum Gasteiger partial charge on any atom is -0.493 e. The fraction of sp³-hybridized carbons (Fsp3) is 0.519. The Bertz CT molecular complexity index is 1010. The molecule has 0 bridgehead atoms. The summed E-state index contributed by atoms with van der Waals surface area (Å²) in [5, 5.41) is 20.6. The number of ether oxygens (including phenoxy) is 1. The SMILES string of the molecule is Cc1cc(CN2CCCC2C)ccc1OCCC1(O)CCN(c2ccc(C#N)c(Cl)c2)CC1. The van der Waals surface area contributed by atoms with E-state index in [9.17, 15) is 5.11 Å². The Balaban J connectivity index is 1.26. The van der Waals surface area contributed by atoms with E-state index in [4.69, 9.17) is 21.6 Å². The van der Waals surface area contributed by atoms with Gasteiger partial charge in [-0.25, -0.2) is 0 Å². The zero-order chi connectivity index (χ0) is 23.4. The molecule has 1 N–H and O–H groups in total. The van der Waals surface area contributed by atoms with Crippen molar-refractivity contribution in [3.8, 4) is 11.8 Å². The van der Waals surface area contributed by atoms with Crippen LogP contribution in [0.15, 0.2) is 36.4 Å². The van der Waals surface area contributed by atoms with Crippen molar-refractivity contribution in [1.29, 1.82) is 5.26 Å². The van der Waals surface area contributed by atoms with E-state index in [1.165, 1.54) is 24.9 Å². The van der Waals surface area contributed by atoms with Crippen molar-refractivity contribution < 1.29 is 9.84 Å². The second-order valence-electron chi connectivity index (χ2n) is 9.65. The lowest BCUT2D eigenvalue weighted by Crippen LogP contribution is -2.45. The van der Waals surface area contributed by atoms with Gasteiger partial charge in [-0.1, -0.05) is 23.7 Å². The van der Waals surface area contributed by atoms with E-state index in [2.05, 4.69) is 47.9 Å². The molecule has 2 aromatic rings. The molecule has 2 heterocycles. The average molecular weight is 468 g/mol. The summed E-state index contributed by atoms with van der Waals surface area (Å²) in [4.78, 5) is 4.76. The third kappa shape index (κ3) is 5.81. The Morgan fingerprint density at radius 3 is 2.61 bits per heavy atom. The molecule has 6 heteroatoms. The maximum absolute atomic E-state index is 11.1. The van der Waals surface area contributed by atoms with Gasteiger partial charge in [-0.15, -0.1) is 0 Å². The molecule has 176 valence electrons. The zero-order valence-electron chi connectivity index (χ0n) is 19.7. The normalized spacial score (nSPS) is 20.6. The first-order valence-corrected chi connectivity index (χ1v) is 12.4. The number of hydrogen-bond donors (Lipinski definition) is 1. The number of halogens is 1. The highest BCUT2D eigenvalue weighted by molar-refractivity contribution is 6.32. The fourth-order valence-electron chi connectivity index (χ4n) is 5.01. The Morgan fingerprint density at radius 1 is 1.18 bits per heavy atom. The van der Waals surface area contributed by atoms with Gasteiger partial charge in [-0.3, -0.25) is 4.90 Å². The molecule has 1 atom stereocenters. The third-order valence-electron chi connectivity index (χ3n) is 7.27. The summed E-state index contributed by atoms with van der Waals surface area (Å²) in [6, 6.07) is 14.8. The zero-order valence-corrected chi connectivity index (χ0v) is 20.4. The Kier molecular flexibility index (Phi) is 7.48. The second kappa shape index (κ2) is 10.3. The average Bonchev–Trinajstić information content (AvgIpc) is 3.20. The van der Waals surface area contributed by atoms with Crippen LogP contribution in [0.4, 0.5) is 5.69 Å². The number of rotatable bonds is 7. The number of benzene rings is 2. The van der Waals surface area contributed by atoms with Crippen LogP contribution in [0.1, 0.15) is 55.7 Å². The maximum Gasteiger partial charge on any atom is 0.122 e. The summed E-state index contributed by atoms with van der Waals surface area (Å²) in [7, 11) is 0. The van der Waals surface area contributed by atoms with Crippen LogP contribution in [0.25, 0.3) is 0 Å². The first-order valence-electron chi connectivity index (χ1n) is 12.0. The molecule has 2 aliphatic heterocycles. The molecule has 0 amide bonds. The topological polar surface area (TPSA) is 59.7 Å². The number of nitrogens with zero attached hydrogens (tertiary/aromatic N) is 3. The lowest BCUT2D eigenvalue weighted by molar-refractivity contribution is -0.00273. The Hall–Kier alpha value is -2.26. The van der Waals surface area contributed by atoms with Crippen molar-refractivity contribution in [2.75, 3.05) is 31.1 Å². The molecule has 33 heavy (non-hydrogen) atoms. The van der Waals surface area contributed by atoms with Gasteiger partial charge in [-0.05, 0) is 81.5 Å². The summed E-state index contributed by atoms with van der Waals surface area (Å²) < 4.78 is 6.07. The minimum absolute atomic E-state index is 0.473. The minimum atomic E-state index is -0.716. The summed E-state index contributed by atoms with van der Waals surface area (Å²) in [6.45, 7) is 8.61. The van der Waals surface area contributed by atoms with Crippen molar-refractivity contribution in [2.24, 2.45) is 0 Å². The molecule has 0 aromatic heterocycles. The molecule has 2 fully saturated rings. The largest absolute Gasteiger partial charge is 0.493 e. The van der Waals surface area contributed by atoms with Gasteiger partial charge in [0.15, 0.2) is 0 Å². The number of anilines is 1. The van der Waals surface area contributed by atoms with E-state index in [0.717, 1.165) is 36.6 Å². The number of piperidine rings is 1. The molecule has 5 nitrogen and oxygen atoms in total. The summed E-state index contributed by atoms with van der Waals surface area (Å²) >= 11 is 6.19. The predicted molar refractivity (Wildman–Crippen MR) is 133 cm³/mol. The number of nitriles is 1. The Morgan fingerprint density at radius 2 is 1.97 bits per heavy atom. The van der Waals surface area contributed by atoms with Crippen LogP contribution in [-0.4, -0.2) is 47.9 Å². The van der Waals surface area contributed by atoms with Gasteiger partial charge in [0.05, 0.1) is 22.8 Å². The van der Waals surface area contributed by atoms with E-state index in [1.54, 1.807) is 6.07 Å². The monoisotopic (exact) mass is 467 g/mol. The van der Waals surface area contributed by atoms with Gasteiger partial charge >= 0.3 is 0 Å². The molecule has 0 radical (unpaired) electrons. The molecule has 0 aliphatic carbocycles. The van der Waals surface area contributed by atoms with E-state index in [0.29, 0.717) is 42.5 Å². The summed E-state index contributed by atoms with van der Waals surface area (Å²) in [6.07, 6.45) is 4.56. The van der Waals surface area contributed by atoms with Crippen molar-refractivity contribution >= 4 is 17.3 Å². The highest BCUT2D eigenvalue weighted by Gasteiger charge is 2.32. The Labute approximate surface area is 202 Å². The van der Waals surface area contributed by atoms with Crippen LogP contribution in [-0.2, 0) is 6.54 Å². The van der Waals surface area contributed by atoms with Gasteiger partial charge < -0.3 is 14.7 Å². The lowest BCUT2D eigenvalue weighted by atomic mass is 9.88. The number of hydrogen-bond acceptors (Lipinski definition) is 5. The highest BCUT2D eigenvalue weighted by Crippen LogP contribution is 2.31. The molecular weight excluding hydrogens is 434 g/mol. The molecule has 2 saturated heterocycles. The fourth-order valence-corrected chi connectivity index (χ4v) is 5.22. The molecular formula is C27H34ClN3O2. The van der Waals surface area contributed by atoms with E-state index < -0.39 is 5.60 Å². The van der Waals surface area contributed by atoms with Crippen molar-refractivity contribution in [3.63, 3.8) is 0 Å². The molecule has 0 saturated carbocycles. The second-order valence-corrected chi connectivity index (χ2v) is 10.1. The van der Waals surface area contributed by atoms with E-state index >= 15 is 0 Å². The summed E-state index contributed by atoms with van der Waals surface area (Å²) in [5.74, 6) is 0.904. The quantitative estimate of drug-likeness (QED) is 0.598. The van der Waals surface area contributed by atoms with Crippen LogP contribution in [0, 0.1) is 18.3 Å². The van der Waals surface area contributed by atoms with E-state index in [-0.39, 0.29) is 0 Å². The predicted octanol–water partition coefficient (Wildman–Crippen LogP) is 5.30. The highest BCUT2D eigenvalue weighted by atomic mass is 35.5. The van der Waals surface area contributed by atoms with Crippen molar-refractivity contribution in [2.45, 2.75) is 64.1 Å². The molecule has 0 spiro atoms. The van der Waals surface area contributed by atoms with Gasteiger partial charge in [0.25, 0.3) is 0 Å². The van der Waals surface area contributed by atoms with Crippen molar-refractivity contribution in [3.05, 3.63) is 58.1 Å². The van der Waals surface area contributed by atoms with Crippen LogP contribution in [0.5, 0.6) is 5.75 Å². The summed E-state index contributed by atoms with van der Waals surface area (Å²) in [5.41, 5.74) is 3.25. The maximum atomic E-state index is 11.1. The molecule has 4 rings (SSSR count). The first kappa shape index (κ1) is 23.9. The van der Waals surface area contributed by atoms with Crippen LogP contribution in [0.2, 0.25) is 5.02 Å². The molecule has 1 unspecified atom stereocenters. The first-order chi connectivity index (χ1) is 15.9. The van der Waals surface area contributed by atoms with Crippen molar-refractivity contribution in [1.82, 2.24) is 4.90 Å². The smallest absolute Gasteiger partial charge is 0.122 e.